The maximum absolute atomic E-state index is 9.24. The van der Waals surface area contributed by atoms with Crippen LogP contribution in [0.4, 0.5) is 0 Å². The van der Waals surface area contributed by atoms with E-state index in [2.05, 4.69) is 0 Å². The third-order valence-electron chi connectivity index (χ3n) is 1.98. The first-order valence-electron chi connectivity index (χ1n) is 3.51. The molecule has 64 valence electrons. The van der Waals surface area contributed by atoms with Crippen LogP contribution in [-0.2, 0) is 4.74 Å². The van der Waals surface area contributed by atoms with Gasteiger partial charge in [-0.25, -0.2) is 0 Å². The molecule has 1 fully saturated rings. The van der Waals surface area contributed by atoms with Crippen molar-refractivity contribution in [2.24, 2.45) is 5.92 Å². The second kappa shape index (κ2) is 3.49. The zero-order chi connectivity index (χ0) is 8.43. The Bertz CT molecular complexity index is 128. The van der Waals surface area contributed by atoms with Gasteiger partial charge in [-0.05, 0) is 6.92 Å². The number of aliphatic hydroxyl groups excluding tert-OH is 3. The predicted octanol–water partition coefficient (Wildman–Crippen LogP) is -1.57. The minimum Gasteiger partial charge on any atom is -0.396 e. The van der Waals surface area contributed by atoms with Crippen molar-refractivity contribution in [2.75, 3.05) is 13.2 Å². The SMILES string of the molecule is [CH]C1O[C@H](CO)[C@H](CO)C1O. The van der Waals surface area contributed by atoms with E-state index in [1.807, 2.05) is 0 Å². The Morgan fingerprint density at radius 2 is 1.91 bits per heavy atom. The van der Waals surface area contributed by atoms with Crippen molar-refractivity contribution in [3.05, 3.63) is 6.92 Å². The van der Waals surface area contributed by atoms with Crippen molar-refractivity contribution in [3.8, 4) is 0 Å². The van der Waals surface area contributed by atoms with Crippen LogP contribution in [-0.4, -0.2) is 46.8 Å². The lowest BCUT2D eigenvalue weighted by molar-refractivity contribution is 0.00474. The van der Waals surface area contributed by atoms with Crippen LogP contribution in [0.2, 0.25) is 0 Å². The second-order valence-electron chi connectivity index (χ2n) is 2.66. The molecule has 0 saturated carbocycles. The lowest BCUT2D eigenvalue weighted by Gasteiger charge is -2.14. The van der Waals surface area contributed by atoms with Crippen molar-refractivity contribution in [2.45, 2.75) is 18.3 Å². The molecule has 3 N–H and O–H groups in total. The van der Waals surface area contributed by atoms with Gasteiger partial charge in [-0.3, -0.25) is 0 Å². The molecule has 4 heteroatoms. The summed E-state index contributed by atoms with van der Waals surface area (Å²) in [4.78, 5) is 0. The fourth-order valence-electron chi connectivity index (χ4n) is 1.25. The Kier molecular flexibility index (Phi) is 2.84. The van der Waals surface area contributed by atoms with Crippen LogP contribution < -0.4 is 0 Å². The summed E-state index contributed by atoms with van der Waals surface area (Å²) in [6.45, 7) is 4.87. The Hall–Kier alpha value is -0.160. The van der Waals surface area contributed by atoms with E-state index < -0.39 is 24.2 Å². The minimum absolute atomic E-state index is 0.222. The number of hydrogen-bond acceptors (Lipinski definition) is 4. The lowest BCUT2D eigenvalue weighted by atomic mass is 9.98. The molecule has 2 radical (unpaired) electrons. The highest BCUT2D eigenvalue weighted by molar-refractivity contribution is 4.90. The van der Waals surface area contributed by atoms with Crippen LogP contribution in [0.15, 0.2) is 0 Å². The quantitative estimate of drug-likeness (QED) is 0.456. The molecule has 4 atom stereocenters. The molecular formula is C7H12O4. The van der Waals surface area contributed by atoms with Gasteiger partial charge in [0.05, 0.1) is 31.5 Å². The van der Waals surface area contributed by atoms with Gasteiger partial charge < -0.3 is 20.1 Å². The van der Waals surface area contributed by atoms with E-state index >= 15 is 0 Å². The van der Waals surface area contributed by atoms with Gasteiger partial charge in [-0.15, -0.1) is 0 Å². The first-order valence-corrected chi connectivity index (χ1v) is 3.51. The predicted molar refractivity (Wildman–Crippen MR) is 36.6 cm³/mol. The summed E-state index contributed by atoms with van der Waals surface area (Å²) >= 11 is 0. The minimum atomic E-state index is -0.878. The van der Waals surface area contributed by atoms with E-state index in [0.717, 1.165) is 0 Å². The first-order chi connectivity index (χ1) is 5.20. The summed E-state index contributed by atoms with van der Waals surface area (Å²) in [5.41, 5.74) is 0. The molecular weight excluding hydrogens is 148 g/mol. The van der Waals surface area contributed by atoms with Crippen molar-refractivity contribution in [3.63, 3.8) is 0 Å². The van der Waals surface area contributed by atoms with Crippen molar-refractivity contribution >= 4 is 0 Å². The summed E-state index contributed by atoms with van der Waals surface area (Å²) in [6, 6.07) is 0. The molecule has 1 aliphatic heterocycles. The maximum atomic E-state index is 9.24. The fraction of sp³-hybridized carbons (Fsp3) is 0.857. The normalized spacial score (nSPS) is 44.7. The third kappa shape index (κ3) is 1.54. The second-order valence-corrected chi connectivity index (χ2v) is 2.66. The molecule has 11 heavy (non-hydrogen) atoms. The standard InChI is InChI=1S/C7H12O4/c1-4-7(10)5(2-8)6(3-9)11-4/h1,4-10H,2-3H2/t4?,5-,6+,7?/m0/s1. The molecule has 1 heterocycles. The van der Waals surface area contributed by atoms with Gasteiger partial charge in [0, 0.05) is 5.92 Å². The molecule has 1 saturated heterocycles. The highest BCUT2D eigenvalue weighted by Crippen LogP contribution is 2.25. The average molecular weight is 160 g/mol. The average Bonchev–Trinajstić information content (AvgIpc) is 2.28. The van der Waals surface area contributed by atoms with Gasteiger partial charge in [0.25, 0.3) is 0 Å². The molecule has 2 unspecified atom stereocenters. The van der Waals surface area contributed by atoms with Crippen molar-refractivity contribution in [1.29, 1.82) is 0 Å². The van der Waals surface area contributed by atoms with Crippen LogP contribution in [0.1, 0.15) is 0 Å². The third-order valence-corrected chi connectivity index (χ3v) is 1.98. The van der Waals surface area contributed by atoms with E-state index in [9.17, 15) is 5.11 Å². The Balaban J connectivity index is 2.57. The lowest BCUT2D eigenvalue weighted by Crippen LogP contribution is -2.30. The molecule has 0 amide bonds. The van der Waals surface area contributed by atoms with E-state index in [1.54, 1.807) is 0 Å². The number of aliphatic hydroxyl groups is 3. The fourth-order valence-corrected chi connectivity index (χ4v) is 1.25. The van der Waals surface area contributed by atoms with Gasteiger partial charge in [0.1, 0.15) is 0 Å². The van der Waals surface area contributed by atoms with Gasteiger partial charge in [0.2, 0.25) is 0 Å². The highest BCUT2D eigenvalue weighted by Gasteiger charge is 2.40. The van der Waals surface area contributed by atoms with Crippen LogP contribution in [0, 0.1) is 12.8 Å². The van der Waals surface area contributed by atoms with Crippen LogP contribution >= 0.6 is 0 Å². The van der Waals surface area contributed by atoms with E-state index in [4.69, 9.17) is 21.9 Å². The zero-order valence-corrected chi connectivity index (χ0v) is 6.05. The molecule has 1 aliphatic rings. The van der Waals surface area contributed by atoms with Crippen molar-refractivity contribution < 1.29 is 20.1 Å². The molecule has 0 aliphatic carbocycles. The molecule has 0 bridgehead atoms. The molecule has 0 spiro atoms. The van der Waals surface area contributed by atoms with Crippen LogP contribution in [0.25, 0.3) is 0 Å². The Morgan fingerprint density at radius 1 is 1.27 bits per heavy atom. The van der Waals surface area contributed by atoms with Gasteiger partial charge in [-0.1, -0.05) is 0 Å². The number of ether oxygens (including phenoxy) is 1. The Labute approximate surface area is 65.4 Å². The van der Waals surface area contributed by atoms with E-state index in [1.165, 1.54) is 0 Å². The zero-order valence-electron chi connectivity index (χ0n) is 6.05. The van der Waals surface area contributed by atoms with Crippen LogP contribution in [0.3, 0.4) is 0 Å². The first kappa shape index (κ1) is 8.93. The molecule has 1 rings (SSSR count). The van der Waals surface area contributed by atoms with E-state index in [-0.39, 0.29) is 13.2 Å². The summed E-state index contributed by atoms with van der Waals surface area (Å²) in [5, 5.41) is 26.7. The van der Waals surface area contributed by atoms with Gasteiger partial charge in [0.15, 0.2) is 0 Å². The monoisotopic (exact) mass is 160 g/mol. The molecule has 4 nitrogen and oxygen atoms in total. The Morgan fingerprint density at radius 3 is 2.27 bits per heavy atom. The number of rotatable bonds is 2. The van der Waals surface area contributed by atoms with Gasteiger partial charge >= 0.3 is 0 Å². The summed E-state index contributed by atoms with van der Waals surface area (Å²) < 4.78 is 4.94. The topological polar surface area (TPSA) is 69.9 Å². The molecule has 0 aromatic rings. The van der Waals surface area contributed by atoms with Gasteiger partial charge in [-0.2, -0.15) is 0 Å². The van der Waals surface area contributed by atoms with E-state index in [0.29, 0.717) is 0 Å². The summed E-state index contributed by atoms with van der Waals surface area (Å²) in [7, 11) is 0. The highest BCUT2D eigenvalue weighted by atomic mass is 16.5. The summed E-state index contributed by atoms with van der Waals surface area (Å²) in [5.74, 6) is -0.463. The summed E-state index contributed by atoms with van der Waals surface area (Å²) in [6.07, 6.45) is -2.20. The van der Waals surface area contributed by atoms with Crippen molar-refractivity contribution in [1.82, 2.24) is 0 Å². The largest absolute Gasteiger partial charge is 0.396 e. The maximum Gasteiger partial charge on any atom is 0.0886 e. The molecule has 0 aromatic carbocycles. The number of hydrogen-bond donors (Lipinski definition) is 3. The molecule has 0 aromatic heterocycles. The smallest absolute Gasteiger partial charge is 0.0886 e. The van der Waals surface area contributed by atoms with Crippen LogP contribution in [0.5, 0.6) is 0 Å².